The molecule has 20 heavy (non-hydrogen) atoms. The van der Waals surface area contributed by atoms with Gasteiger partial charge in [-0.3, -0.25) is 19.7 Å². The average Bonchev–Trinajstić information content (AvgIpc) is 2.80. The molecule has 1 atom stereocenters. The second kappa shape index (κ2) is 4.97. The first kappa shape index (κ1) is 13.5. The molecular formula is C12H10N4O4. The summed E-state index contributed by atoms with van der Waals surface area (Å²) in [7, 11) is 0. The minimum absolute atomic E-state index is 0.0117. The Morgan fingerprint density at radius 2 is 2.25 bits per heavy atom. The molecule has 1 fully saturated rings. The molecular weight excluding hydrogens is 264 g/mol. The Hall–Kier alpha value is -2.95. The molecule has 0 saturated carbocycles. The number of benzene rings is 1. The first-order chi connectivity index (χ1) is 9.43. The van der Waals surface area contributed by atoms with Gasteiger partial charge in [0.2, 0.25) is 11.8 Å². The Morgan fingerprint density at radius 3 is 2.75 bits per heavy atom. The maximum atomic E-state index is 11.9. The third kappa shape index (κ3) is 2.29. The van der Waals surface area contributed by atoms with E-state index < -0.39 is 16.7 Å². The number of non-ortho nitro benzene ring substituents is 1. The zero-order chi connectivity index (χ0) is 14.9. The van der Waals surface area contributed by atoms with E-state index in [2.05, 4.69) is 0 Å². The highest BCUT2D eigenvalue weighted by Crippen LogP contribution is 2.30. The van der Waals surface area contributed by atoms with Crippen LogP contribution in [0.5, 0.6) is 0 Å². The number of nitrogens with zero attached hydrogens (tertiary/aromatic N) is 3. The second-order valence-electron chi connectivity index (χ2n) is 4.38. The molecule has 0 radical (unpaired) electrons. The van der Waals surface area contributed by atoms with Crippen molar-refractivity contribution in [3.63, 3.8) is 0 Å². The second-order valence-corrected chi connectivity index (χ2v) is 4.38. The van der Waals surface area contributed by atoms with Gasteiger partial charge in [0.15, 0.2) is 0 Å². The number of nitrogens with two attached hydrogens (primary N) is 1. The molecule has 8 heteroatoms. The standard InChI is InChI=1S/C12H10N4O4/c13-5-7-3-9(16(19)20)1-2-10(7)15-6-8(12(14)18)4-11(15)17/h1-3,8H,4,6H2,(H2,14,18). The van der Waals surface area contributed by atoms with Crippen molar-refractivity contribution in [2.24, 2.45) is 11.7 Å². The van der Waals surface area contributed by atoms with Crippen molar-refractivity contribution in [1.82, 2.24) is 0 Å². The summed E-state index contributed by atoms with van der Waals surface area (Å²) in [5.41, 5.74) is 5.20. The van der Waals surface area contributed by atoms with Crippen LogP contribution in [-0.4, -0.2) is 23.3 Å². The fourth-order valence-corrected chi connectivity index (χ4v) is 2.09. The lowest BCUT2D eigenvalue weighted by molar-refractivity contribution is -0.384. The van der Waals surface area contributed by atoms with E-state index >= 15 is 0 Å². The van der Waals surface area contributed by atoms with Crippen molar-refractivity contribution in [1.29, 1.82) is 5.26 Å². The van der Waals surface area contributed by atoms with Crippen LogP contribution in [0.3, 0.4) is 0 Å². The summed E-state index contributed by atoms with van der Waals surface area (Å²) in [5, 5.41) is 19.7. The molecule has 0 bridgehead atoms. The van der Waals surface area contributed by atoms with Crippen LogP contribution < -0.4 is 10.6 Å². The molecule has 1 aliphatic heterocycles. The molecule has 2 rings (SSSR count). The van der Waals surface area contributed by atoms with Gasteiger partial charge in [-0.1, -0.05) is 0 Å². The summed E-state index contributed by atoms with van der Waals surface area (Å²) < 4.78 is 0. The van der Waals surface area contributed by atoms with Crippen LogP contribution in [0.4, 0.5) is 11.4 Å². The number of carbonyl (C=O) groups is 2. The third-order valence-electron chi connectivity index (χ3n) is 3.13. The molecule has 1 unspecified atom stereocenters. The lowest BCUT2D eigenvalue weighted by Crippen LogP contribution is -2.28. The lowest BCUT2D eigenvalue weighted by atomic mass is 10.1. The van der Waals surface area contributed by atoms with Gasteiger partial charge in [0, 0.05) is 25.1 Å². The normalized spacial score (nSPS) is 17.9. The van der Waals surface area contributed by atoms with Crippen LogP contribution in [0.1, 0.15) is 12.0 Å². The summed E-state index contributed by atoms with van der Waals surface area (Å²) in [6.07, 6.45) is -0.0167. The van der Waals surface area contributed by atoms with E-state index in [0.29, 0.717) is 0 Å². The zero-order valence-electron chi connectivity index (χ0n) is 10.3. The first-order valence-corrected chi connectivity index (χ1v) is 5.72. The molecule has 1 aromatic rings. The molecule has 1 heterocycles. The maximum absolute atomic E-state index is 11.9. The molecule has 1 aliphatic rings. The summed E-state index contributed by atoms with van der Waals surface area (Å²) >= 11 is 0. The van der Waals surface area contributed by atoms with Gasteiger partial charge >= 0.3 is 0 Å². The van der Waals surface area contributed by atoms with Crippen molar-refractivity contribution in [3.8, 4) is 6.07 Å². The first-order valence-electron chi connectivity index (χ1n) is 5.72. The van der Waals surface area contributed by atoms with E-state index in [1.54, 1.807) is 0 Å². The molecule has 0 aliphatic carbocycles. The molecule has 8 nitrogen and oxygen atoms in total. The van der Waals surface area contributed by atoms with E-state index in [9.17, 15) is 19.7 Å². The highest BCUT2D eigenvalue weighted by atomic mass is 16.6. The summed E-state index contributed by atoms with van der Waals surface area (Å²) in [6, 6.07) is 5.46. The topological polar surface area (TPSA) is 130 Å². The fraction of sp³-hybridized carbons (Fsp3) is 0.250. The summed E-state index contributed by atoms with van der Waals surface area (Å²) in [6.45, 7) is 0.0840. The van der Waals surface area contributed by atoms with E-state index in [1.807, 2.05) is 6.07 Å². The molecule has 2 amide bonds. The molecule has 102 valence electrons. The van der Waals surface area contributed by atoms with Crippen LogP contribution in [0.2, 0.25) is 0 Å². The SMILES string of the molecule is N#Cc1cc([N+](=O)[O-])ccc1N1CC(C(N)=O)CC1=O. The Kier molecular flexibility index (Phi) is 3.35. The van der Waals surface area contributed by atoms with E-state index in [4.69, 9.17) is 11.0 Å². The van der Waals surface area contributed by atoms with Gasteiger partial charge in [-0.25, -0.2) is 0 Å². The predicted molar refractivity (Wildman–Crippen MR) is 67.5 cm³/mol. The van der Waals surface area contributed by atoms with E-state index in [0.717, 1.165) is 6.07 Å². The fourth-order valence-electron chi connectivity index (χ4n) is 2.09. The summed E-state index contributed by atoms with van der Waals surface area (Å²) in [4.78, 5) is 34.3. The van der Waals surface area contributed by atoms with Crippen LogP contribution in [0.25, 0.3) is 0 Å². The van der Waals surface area contributed by atoms with E-state index in [1.165, 1.54) is 17.0 Å². The van der Waals surface area contributed by atoms with Gasteiger partial charge < -0.3 is 10.6 Å². The lowest BCUT2D eigenvalue weighted by Gasteiger charge is -2.17. The largest absolute Gasteiger partial charge is 0.369 e. The number of carbonyl (C=O) groups excluding carboxylic acids is 2. The number of amides is 2. The molecule has 0 aromatic heterocycles. The molecule has 0 spiro atoms. The third-order valence-corrected chi connectivity index (χ3v) is 3.13. The minimum Gasteiger partial charge on any atom is -0.369 e. The van der Waals surface area contributed by atoms with Gasteiger partial charge in [0.25, 0.3) is 5.69 Å². The zero-order valence-corrected chi connectivity index (χ0v) is 10.3. The highest BCUT2D eigenvalue weighted by molar-refractivity contribution is 6.01. The van der Waals surface area contributed by atoms with Gasteiger partial charge in [0.05, 0.1) is 22.1 Å². The maximum Gasteiger partial charge on any atom is 0.270 e. The number of anilines is 1. The van der Waals surface area contributed by atoms with E-state index in [-0.39, 0.29) is 35.8 Å². The number of rotatable bonds is 3. The predicted octanol–water partition coefficient (Wildman–Crippen LogP) is 0.305. The van der Waals surface area contributed by atoms with Gasteiger partial charge in [-0.15, -0.1) is 0 Å². The van der Waals surface area contributed by atoms with Crippen LogP contribution >= 0.6 is 0 Å². The van der Waals surface area contributed by atoms with Crippen molar-refractivity contribution in [3.05, 3.63) is 33.9 Å². The van der Waals surface area contributed by atoms with Gasteiger partial charge in [0.1, 0.15) is 6.07 Å². The van der Waals surface area contributed by atoms with Gasteiger partial charge in [-0.05, 0) is 6.07 Å². The van der Waals surface area contributed by atoms with Crippen molar-refractivity contribution < 1.29 is 14.5 Å². The Labute approximate surface area is 113 Å². The monoisotopic (exact) mass is 274 g/mol. The smallest absolute Gasteiger partial charge is 0.270 e. The molecule has 1 saturated heterocycles. The highest BCUT2D eigenvalue weighted by Gasteiger charge is 2.35. The Morgan fingerprint density at radius 1 is 1.55 bits per heavy atom. The average molecular weight is 274 g/mol. The molecule has 2 N–H and O–H groups in total. The number of hydrogen-bond acceptors (Lipinski definition) is 5. The van der Waals surface area contributed by atoms with Crippen molar-refractivity contribution in [2.45, 2.75) is 6.42 Å². The number of nitro groups is 1. The number of hydrogen-bond donors (Lipinski definition) is 1. The van der Waals surface area contributed by atoms with Crippen molar-refractivity contribution in [2.75, 3.05) is 11.4 Å². The van der Waals surface area contributed by atoms with Crippen LogP contribution in [0, 0.1) is 27.4 Å². The summed E-state index contributed by atoms with van der Waals surface area (Å²) in [5.74, 6) is -1.52. The molecule has 1 aromatic carbocycles. The number of primary amides is 1. The quantitative estimate of drug-likeness (QED) is 0.625. The number of nitriles is 1. The number of nitro benzene ring substituents is 1. The van der Waals surface area contributed by atoms with Crippen LogP contribution in [0.15, 0.2) is 18.2 Å². The van der Waals surface area contributed by atoms with Gasteiger partial charge in [-0.2, -0.15) is 5.26 Å². The Balaban J connectivity index is 2.39. The van der Waals surface area contributed by atoms with Crippen molar-refractivity contribution >= 4 is 23.2 Å². The minimum atomic E-state index is -0.622. The Bertz CT molecular complexity index is 649. The van der Waals surface area contributed by atoms with Crippen LogP contribution in [-0.2, 0) is 9.59 Å².